The molecule has 0 saturated heterocycles. The number of nitriles is 1. The molecule has 1 saturated carbocycles. The molecular formula is C15H20N2O2S2. The molecule has 1 aliphatic carbocycles. The van der Waals surface area contributed by atoms with Crippen LogP contribution in [0.4, 0.5) is 0 Å². The van der Waals surface area contributed by atoms with Gasteiger partial charge in [0.1, 0.15) is 0 Å². The van der Waals surface area contributed by atoms with Crippen molar-refractivity contribution >= 4 is 21.8 Å². The Morgan fingerprint density at radius 3 is 2.67 bits per heavy atom. The highest BCUT2D eigenvalue weighted by atomic mass is 32.2. The molecule has 1 aromatic rings. The SMILES string of the molecule is CSC1CCCC(NS(=O)(=O)Cc2ccc(C#N)cc2)C1. The summed E-state index contributed by atoms with van der Waals surface area (Å²) >= 11 is 1.82. The molecule has 0 aromatic heterocycles. The van der Waals surface area contributed by atoms with Crippen LogP contribution in [-0.4, -0.2) is 26.0 Å². The van der Waals surface area contributed by atoms with Gasteiger partial charge in [0.15, 0.2) is 0 Å². The van der Waals surface area contributed by atoms with Gasteiger partial charge >= 0.3 is 0 Å². The maximum absolute atomic E-state index is 12.2. The Labute approximate surface area is 131 Å². The van der Waals surface area contributed by atoms with Crippen molar-refractivity contribution in [2.75, 3.05) is 6.26 Å². The van der Waals surface area contributed by atoms with Crippen molar-refractivity contribution in [1.82, 2.24) is 4.72 Å². The first-order chi connectivity index (χ1) is 10.0. The van der Waals surface area contributed by atoms with E-state index in [-0.39, 0.29) is 11.8 Å². The summed E-state index contributed by atoms with van der Waals surface area (Å²) in [6, 6.07) is 8.77. The minimum Gasteiger partial charge on any atom is -0.212 e. The van der Waals surface area contributed by atoms with Gasteiger partial charge in [0.05, 0.1) is 17.4 Å². The lowest BCUT2D eigenvalue weighted by atomic mass is 9.96. The maximum Gasteiger partial charge on any atom is 0.216 e. The fourth-order valence-corrected chi connectivity index (χ4v) is 4.92. The van der Waals surface area contributed by atoms with E-state index in [1.807, 2.05) is 17.8 Å². The van der Waals surface area contributed by atoms with Crippen molar-refractivity contribution in [2.24, 2.45) is 0 Å². The molecule has 1 fully saturated rings. The summed E-state index contributed by atoms with van der Waals surface area (Å²) in [5, 5.41) is 9.30. The van der Waals surface area contributed by atoms with E-state index in [2.05, 4.69) is 11.0 Å². The van der Waals surface area contributed by atoms with Crippen molar-refractivity contribution in [3.05, 3.63) is 35.4 Å². The minimum atomic E-state index is -3.33. The van der Waals surface area contributed by atoms with Gasteiger partial charge in [0.25, 0.3) is 0 Å². The maximum atomic E-state index is 12.2. The number of nitrogens with zero attached hydrogens (tertiary/aromatic N) is 1. The van der Waals surface area contributed by atoms with Gasteiger partial charge in [-0.15, -0.1) is 0 Å². The average molecular weight is 324 g/mol. The lowest BCUT2D eigenvalue weighted by Gasteiger charge is -2.28. The van der Waals surface area contributed by atoms with E-state index in [1.54, 1.807) is 24.3 Å². The molecule has 1 aliphatic rings. The van der Waals surface area contributed by atoms with Gasteiger partial charge in [0.2, 0.25) is 10.0 Å². The first kappa shape index (κ1) is 16.3. The van der Waals surface area contributed by atoms with Gasteiger partial charge in [-0.25, -0.2) is 13.1 Å². The van der Waals surface area contributed by atoms with Gasteiger partial charge in [0, 0.05) is 11.3 Å². The van der Waals surface area contributed by atoms with E-state index >= 15 is 0 Å². The Morgan fingerprint density at radius 2 is 2.05 bits per heavy atom. The molecule has 1 N–H and O–H groups in total. The molecule has 0 heterocycles. The summed E-state index contributed by atoms with van der Waals surface area (Å²) in [6.07, 6.45) is 6.17. The summed E-state index contributed by atoms with van der Waals surface area (Å²) in [4.78, 5) is 0. The first-order valence-electron chi connectivity index (χ1n) is 7.04. The topological polar surface area (TPSA) is 70.0 Å². The zero-order chi connectivity index (χ0) is 15.3. The van der Waals surface area contributed by atoms with Crippen LogP contribution in [0, 0.1) is 11.3 Å². The van der Waals surface area contributed by atoms with E-state index < -0.39 is 10.0 Å². The summed E-state index contributed by atoms with van der Waals surface area (Å²) in [5.74, 6) is -0.0286. The van der Waals surface area contributed by atoms with E-state index in [0.29, 0.717) is 16.4 Å². The molecule has 0 aliphatic heterocycles. The molecule has 0 radical (unpaired) electrons. The zero-order valence-corrected chi connectivity index (χ0v) is 13.7. The normalized spacial score (nSPS) is 22.7. The molecule has 114 valence electrons. The monoisotopic (exact) mass is 324 g/mol. The molecule has 0 amide bonds. The highest BCUT2D eigenvalue weighted by molar-refractivity contribution is 7.99. The predicted molar refractivity (Wildman–Crippen MR) is 86.5 cm³/mol. The number of thioether (sulfide) groups is 1. The fraction of sp³-hybridized carbons (Fsp3) is 0.533. The molecule has 21 heavy (non-hydrogen) atoms. The molecule has 6 heteroatoms. The van der Waals surface area contributed by atoms with Gasteiger partial charge in [-0.3, -0.25) is 0 Å². The van der Waals surface area contributed by atoms with Crippen molar-refractivity contribution in [3.8, 4) is 6.07 Å². The van der Waals surface area contributed by atoms with Crippen LogP contribution < -0.4 is 4.72 Å². The second kappa shape index (κ2) is 7.30. The van der Waals surface area contributed by atoms with Gasteiger partial charge in [-0.2, -0.15) is 17.0 Å². The van der Waals surface area contributed by atoms with E-state index in [9.17, 15) is 8.42 Å². The standard InChI is InChI=1S/C15H20N2O2S2/c1-20-15-4-2-3-14(9-15)17-21(18,19)11-13-7-5-12(10-16)6-8-13/h5-8,14-15,17H,2-4,9,11H2,1H3. The summed E-state index contributed by atoms with van der Waals surface area (Å²) in [7, 11) is -3.33. The quantitative estimate of drug-likeness (QED) is 0.904. The molecular weight excluding hydrogens is 304 g/mol. The lowest BCUT2D eigenvalue weighted by Crippen LogP contribution is -2.39. The van der Waals surface area contributed by atoms with Crippen LogP contribution in [0.3, 0.4) is 0 Å². The molecule has 0 bridgehead atoms. The smallest absolute Gasteiger partial charge is 0.212 e. The Kier molecular flexibility index (Phi) is 5.68. The van der Waals surface area contributed by atoms with Crippen molar-refractivity contribution < 1.29 is 8.42 Å². The molecule has 4 nitrogen and oxygen atoms in total. The molecule has 1 aromatic carbocycles. The molecule has 2 unspecified atom stereocenters. The first-order valence-corrected chi connectivity index (χ1v) is 9.98. The average Bonchev–Trinajstić information content (AvgIpc) is 2.47. The summed E-state index contributed by atoms with van der Waals surface area (Å²) < 4.78 is 27.3. The number of nitrogens with one attached hydrogen (secondary N) is 1. The van der Waals surface area contributed by atoms with Crippen LogP contribution in [0.15, 0.2) is 24.3 Å². The fourth-order valence-electron chi connectivity index (χ4n) is 2.66. The zero-order valence-electron chi connectivity index (χ0n) is 12.1. The number of benzene rings is 1. The second-order valence-electron chi connectivity index (χ2n) is 5.41. The van der Waals surface area contributed by atoms with E-state index in [1.165, 1.54) is 6.42 Å². The van der Waals surface area contributed by atoms with Crippen LogP contribution in [0.1, 0.15) is 36.8 Å². The summed E-state index contributed by atoms with van der Waals surface area (Å²) in [5.41, 5.74) is 1.25. The van der Waals surface area contributed by atoms with Gasteiger partial charge in [-0.1, -0.05) is 18.6 Å². The van der Waals surface area contributed by atoms with Crippen LogP contribution >= 0.6 is 11.8 Å². The third-order valence-corrected chi connectivity index (χ3v) is 6.25. The highest BCUT2D eigenvalue weighted by Crippen LogP contribution is 2.27. The van der Waals surface area contributed by atoms with E-state index in [4.69, 9.17) is 5.26 Å². The Balaban J connectivity index is 1.96. The van der Waals surface area contributed by atoms with Crippen LogP contribution in [-0.2, 0) is 15.8 Å². The minimum absolute atomic E-state index is 0.0286. The third-order valence-electron chi connectivity index (χ3n) is 3.75. The number of hydrogen-bond acceptors (Lipinski definition) is 4. The van der Waals surface area contributed by atoms with E-state index in [0.717, 1.165) is 19.3 Å². The van der Waals surface area contributed by atoms with Crippen molar-refractivity contribution in [3.63, 3.8) is 0 Å². The van der Waals surface area contributed by atoms with Crippen molar-refractivity contribution in [2.45, 2.75) is 42.7 Å². The van der Waals surface area contributed by atoms with Crippen LogP contribution in [0.5, 0.6) is 0 Å². The lowest BCUT2D eigenvalue weighted by molar-refractivity contribution is 0.420. The van der Waals surface area contributed by atoms with Crippen LogP contribution in [0.25, 0.3) is 0 Å². The second-order valence-corrected chi connectivity index (χ2v) is 8.30. The van der Waals surface area contributed by atoms with Crippen molar-refractivity contribution in [1.29, 1.82) is 5.26 Å². The molecule has 0 spiro atoms. The largest absolute Gasteiger partial charge is 0.216 e. The van der Waals surface area contributed by atoms with Gasteiger partial charge < -0.3 is 0 Å². The molecule has 2 rings (SSSR count). The Hall–Kier alpha value is -1.03. The molecule has 2 atom stereocenters. The number of rotatable bonds is 5. The summed E-state index contributed by atoms with van der Waals surface area (Å²) in [6.45, 7) is 0. The van der Waals surface area contributed by atoms with Gasteiger partial charge in [-0.05, 0) is 43.2 Å². The predicted octanol–water partition coefficient (Wildman–Crippen LogP) is 2.65. The Bertz CT molecular complexity index is 606. The van der Waals surface area contributed by atoms with Crippen LogP contribution in [0.2, 0.25) is 0 Å². The Morgan fingerprint density at radius 1 is 1.33 bits per heavy atom. The third kappa shape index (κ3) is 5.03. The number of hydrogen-bond donors (Lipinski definition) is 1. The highest BCUT2D eigenvalue weighted by Gasteiger charge is 2.25. The number of sulfonamides is 1.